The quantitative estimate of drug-likeness (QED) is 0.543. The van der Waals surface area contributed by atoms with Crippen LogP contribution in [0.15, 0.2) is 35.9 Å². The van der Waals surface area contributed by atoms with E-state index in [-0.39, 0.29) is 12.2 Å². The van der Waals surface area contributed by atoms with Gasteiger partial charge in [0.1, 0.15) is 5.75 Å². The Kier molecular flexibility index (Phi) is 7.89. The third kappa shape index (κ3) is 6.90. The average Bonchev–Trinajstić information content (AvgIpc) is 2.46. The number of hydrogen-bond acceptors (Lipinski definition) is 3. The molecule has 1 N–H and O–H groups in total. The average molecular weight is 304 g/mol. The first-order valence-corrected chi connectivity index (χ1v) is 7.91. The molecule has 0 bridgehead atoms. The maximum Gasteiger partial charge on any atom is 0.165 e. The fraction of sp³-hybridized carbons (Fsp3) is 0.526. The second-order valence-electron chi connectivity index (χ2n) is 6.21. The number of Topliss-reactive ketones (excluding diaryl/α,β-unsaturated/α-hetero) is 1. The van der Waals surface area contributed by atoms with Gasteiger partial charge in [-0.1, -0.05) is 18.6 Å². The number of carbonyl (C=O) groups is 1. The van der Waals surface area contributed by atoms with Crippen LogP contribution >= 0.6 is 0 Å². The molecule has 0 saturated carbocycles. The lowest BCUT2D eigenvalue weighted by Crippen LogP contribution is -2.16. The molecule has 0 heterocycles. The van der Waals surface area contributed by atoms with Gasteiger partial charge in [-0.05, 0) is 63.3 Å². The van der Waals surface area contributed by atoms with E-state index in [9.17, 15) is 9.90 Å². The summed E-state index contributed by atoms with van der Waals surface area (Å²) in [5.74, 6) is 1.12. The Bertz CT molecular complexity index is 484. The van der Waals surface area contributed by atoms with Gasteiger partial charge in [0.05, 0.1) is 13.2 Å². The minimum Gasteiger partial charge on any atom is -0.497 e. The van der Waals surface area contributed by atoms with Crippen molar-refractivity contribution in [1.29, 1.82) is 0 Å². The summed E-state index contributed by atoms with van der Waals surface area (Å²) in [6.45, 7) is 6.31. The molecule has 0 aromatic heterocycles. The summed E-state index contributed by atoms with van der Waals surface area (Å²) in [5.41, 5.74) is 1.94. The van der Waals surface area contributed by atoms with Gasteiger partial charge in [-0.3, -0.25) is 4.79 Å². The minimum absolute atomic E-state index is 0.0216. The molecule has 3 heteroatoms. The molecular weight excluding hydrogens is 276 g/mol. The summed E-state index contributed by atoms with van der Waals surface area (Å²) in [6.07, 6.45) is 4.56. The van der Waals surface area contributed by atoms with E-state index in [1.165, 1.54) is 5.57 Å². The highest BCUT2D eigenvalue weighted by Gasteiger charge is 2.15. The third-order valence-corrected chi connectivity index (χ3v) is 3.72. The van der Waals surface area contributed by atoms with Gasteiger partial charge in [0, 0.05) is 12.0 Å². The highest BCUT2D eigenvalue weighted by atomic mass is 16.5. The van der Waals surface area contributed by atoms with Crippen molar-refractivity contribution in [2.75, 3.05) is 7.11 Å². The van der Waals surface area contributed by atoms with Gasteiger partial charge < -0.3 is 9.84 Å². The molecule has 0 fully saturated rings. The number of ether oxygens (including phenoxy) is 1. The number of carbonyl (C=O) groups excluding carboxylic acids is 1. The van der Waals surface area contributed by atoms with Crippen molar-refractivity contribution in [3.63, 3.8) is 0 Å². The molecule has 2 atom stereocenters. The largest absolute Gasteiger partial charge is 0.497 e. The molecule has 0 saturated heterocycles. The molecule has 1 aromatic rings. The SMILES string of the molecule is COc1ccc(C(=O)CC(O)CC(C)CCC=C(C)C)cc1. The smallest absolute Gasteiger partial charge is 0.165 e. The zero-order chi connectivity index (χ0) is 16.5. The van der Waals surface area contributed by atoms with Crippen LogP contribution in [-0.2, 0) is 0 Å². The van der Waals surface area contributed by atoms with Gasteiger partial charge in [0.2, 0.25) is 0 Å². The molecule has 0 radical (unpaired) electrons. The number of aliphatic hydroxyl groups excluding tert-OH is 1. The summed E-state index contributed by atoms with van der Waals surface area (Å²) >= 11 is 0. The zero-order valence-corrected chi connectivity index (χ0v) is 14.1. The molecular formula is C19H28O3. The molecule has 2 unspecified atom stereocenters. The molecule has 3 nitrogen and oxygen atoms in total. The van der Waals surface area contributed by atoms with Crippen LogP contribution in [0.2, 0.25) is 0 Å². The Hall–Kier alpha value is -1.61. The van der Waals surface area contributed by atoms with Crippen LogP contribution in [0.3, 0.4) is 0 Å². The molecule has 22 heavy (non-hydrogen) atoms. The highest BCUT2D eigenvalue weighted by molar-refractivity contribution is 5.96. The summed E-state index contributed by atoms with van der Waals surface area (Å²) in [4.78, 5) is 12.1. The maximum atomic E-state index is 12.1. The Morgan fingerprint density at radius 1 is 1.27 bits per heavy atom. The molecule has 1 aromatic carbocycles. The number of aliphatic hydroxyl groups is 1. The molecule has 0 aliphatic heterocycles. The normalized spacial score (nSPS) is 13.3. The number of allylic oxidation sites excluding steroid dienone is 2. The third-order valence-electron chi connectivity index (χ3n) is 3.72. The highest BCUT2D eigenvalue weighted by Crippen LogP contribution is 2.18. The van der Waals surface area contributed by atoms with E-state index in [0.717, 1.165) is 18.6 Å². The van der Waals surface area contributed by atoms with Crippen molar-refractivity contribution >= 4 is 5.78 Å². The van der Waals surface area contributed by atoms with E-state index in [1.54, 1.807) is 31.4 Å². The number of methoxy groups -OCH3 is 1. The van der Waals surface area contributed by atoms with Crippen LogP contribution in [0.25, 0.3) is 0 Å². The Morgan fingerprint density at radius 2 is 1.91 bits per heavy atom. The molecule has 0 spiro atoms. The van der Waals surface area contributed by atoms with Crippen molar-refractivity contribution in [3.8, 4) is 5.75 Å². The summed E-state index contributed by atoms with van der Waals surface area (Å²) < 4.78 is 5.07. The monoisotopic (exact) mass is 304 g/mol. The molecule has 0 amide bonds. The van der Waals surface area contributed by atoms with Gasteiger partial charge >= 0.3 is 0 Å². The first-order chi connectivity index (χ1) is 10.4. The van der Waals surface area contributed by atoms with Gasteiger partial charge in [-0.15, -0.1) is 0 Å². The van der Waals surface area contributed by atoms with E-state index >= 15 is 0 Å². The number of benzene rings is 1. The van der Waals surface area contributed by atoms with Crippen molar-refractivity contribution in [2.24, 2.45) is 5.92 Å². The lowest BCUT2D eigenvalue weighted by molar-refractivity contribution is 0.0839. The molecule has 0 aliphatic carbocycles. The van der Waals surface area contributed by atoms with Crippen molar-refractivity contribution in [1.82, 2.24) is 0 Å². The van der Waals surface area contributed by atoms with Crippen LogP contribution < -0.4 is 4.74 Å². The van der Waals surface area contributed by atoms with Crippen LogP contribution in [0.1, 0.15) is 56.8 Å². The van der Waals surface area contributed by atoms with E-state index in [2.05, 4.69) is 26.8 Å². The van der Waals surface area contributed by atoms with Gasteiger partial charge in [-0.2, -0.15) is 0 Å². The van der Waals surface area contributed by atoms with Crippen molar-refractivity contribution < 1.29 is 14.6 Å². The summed E-state index contributed by atoms with van der Waals surface area (Å²) in [6, 6.07) is 7.02. The zero-order valence-electron chi connectivity index (χ0n) is 14.1. The van der Waals surface area contributed by atoms with E-state index < -0.39 is 6.10 Å². The summed E-state index contributed by atoms with van der Waals surface area (Å²) in [7, 11) is 1.59. The minimum atomic E-state index is -0.573. The standard InChI is InChI=1S/C19H28O3/c1-14(2)6-5-7-15(3)12-17(20)13-19(21)16-8-10-18(22-4)11-9-16/h6,8-11,15,17,20H,5,7,12-13H2,1-4H3. The lowest BCUT2D eigenvalue weighted by atomic mass is 9.94. The first kappa shape index (κ1) is 18.4. The van der Waals surface area contributed by atoms with Crippen LogP contribution in [-0.4, -0.2) is 24.1 Å². The predicted molar refractivity (Wildman–Crippen MR) is 90.4 cm³/mol. The number of ketones is 1. The molecule has 122 valence electrons. The fourth-order valence-electron chi connectivity index (χ4n) is 2.43. The second kappa shape index (κ2) is 9.42. The first-order valence-electron chi connectivity index (χ1n) is 7.91. The topological polar surface area (TPSA) is 46.5 Å². The Labute approximate surface area is 134 Å². The van der Waals surface area contributed by atoms with Crippen molar-refractivity contribution in [3.05, 3.63) is 41.5 Å². The van der Waals surface area contributed by atoms with Crippen LogP contribution in [0.4, 0.5) is 0 Å². The van der Waals surface area contributed by atoms with Crippen molar-refractivity contribution in [2.45, 2.75) is 52.6 Å². The fourth-order valence-corrected chi connectivity index (χ4v) is 2.43. The predicted octanol–water partition coefficient (Wildman–Crippen LogP) is 4.40. The van der Waals surface area contributed by atoms with Gasteiger partial charge in [0.25, 0.3) is 0 Å². The molecule has 0 aliphatic rings. The second-order valence-corrected chi connectivity index (χ2v) is 6.21. The Morgan fingerprint density at radius 3 is 2.45 bits per heavy atom. The Balaban J connectivity index is 2.41. The number of rotatable bonds is 9. The summed E-state index contributed by atoms with van der Waals surface area (Å²) in [5, 5.41) is 10.1. The maximum absolute atomic E-state index is 12.1. The van der Waals surface area contributed by atoms with Gasteiger partial charge in [-0.25, -0.2) is 0 Å². The van der Waals surface area contributed by atoms with Crippen LogP contribution in [0.5, 0.6) is 5.75 Å². The van der Waals surface area contributed by atoms with Crippen LogP contribution in [0, 0.1) is 5.92 Å². The van der Waals surface area contributed by atoms with E-state index in [0.29, 0.717) is 17.9 Å². The van der Waals surface area contributed by atoms with Gasteiger partial charge in [0.15, 0.2) is 5.78 Å². The molecule has 1 rings (SSSR count). The number of hydrogen-bond donors (Lipinski definition) is 1. The lowest BCUT2D eigenvalue weighted by Gasteiger charge is -2.15. The van der Waals surface area contributed by atoms with E-state index in [4.69, 9.17) is 4.74 Å². The van der Waals surface area contributed by atoms with E-state index in [1.807, 2.05) is 0 Å².